The molecule has 2 saturated carbocycles. The van der Waals surface area contributed by atoms with Crippen molar-refractivity contribution in [3.63, 3.8) is 0 Å². The van der Waals surface area contributed by atoms with Crippen LogP contribution in [0.4, 0.5) is 5.13 Å². The number of ether oxygens (including phenoxy) is 1. The van der Waals surface area contributed by atoms with Crippen LogP contribution in [0.2, 0.25) is 10.0 Å². The van der Waals surface area contributed by atoms with E-state index in [1.165, 1.54) is 13.2 Å². The quantitative estimate of drug-likeness (QED) is 0.229. The fourth-order valence-corrected chi connectivity index (χ4v) is 7.14. The van der Waals surface area contributed by atoms with Gasteiger partial charge in [-0.1, -0.05) is 51.8 Å². The van der Waals surface area contributed by atoms with Gasteiger partial charge >= 0.3 is 5.97 Å². The number of halogens is 2. The zero-order chi connectivity index (χ0) is 27.5. The smallest absolute Gasteiger partial charge is 0.335 e. The molecule has 0 bridgehead atoms. The standard InChI is InChI=1S/C29H24Cl2N4O4S/c1-38-17-7-15(6-16(8-17)28(36)37)24-11-33-29(40-24)35-12-20-18(21(20)13-35)4-5-19-26(34-39-27(19)14-2-3-14)25-22(30)9-32-10-23(25)31/h4-11,14,18,20-21H,2-3,12-13H2,1H3,(H,36,37). The molecule has 204 valence electrons. The molecule has 4 heterocycles. The van der Waals surface area contributed by atoms with E-state index < -0.39 is 5.97 Å². The molecule has 7 rings (SSSR count). The maximum Gasteiger partial charge on any atom is 0.335 e. The normalized spacial score (nSPS) is 21.7. The third-order valence-corrected chi connectivity index (χ3v) is 9.66. The number of piperidine rings is 1. The number of nitrogens with zero attached hydrogens (tertiary/aromatic N) is 4. The highest BCUT2D eigenvalue weighted by molar-refractivity contribution is 7.18. The maximum absolute atomic E-state index is 11.5. The van der Waals surface area contributed by atoms with Crippen molar-refractivity contribution in [2.45, 2.75) is 18.8 Å². The van der Waals surface area contributed by atoms with Crippen LogP contribution in [0.25, 0.3) is 27.8 Å². The number of aromatic carboxylic acids is 1. The molecule has 3 fully saturated rings. The predicted octanol–water partition coefficient (Wildman–Crippen LogP) is 7.15. The molecular formula is C29H24Cl2N4O4S. The molecule has 1 N–H and O–H groups in total. The SMILES string of the molecule is COc1cc(C(=O)O)cc(-c2cnc(N3CC4C(C=Cc5c(-c6c(Cl)cncc6Cl)noc5C5CC5)C4C3)s2)c1. The molecule has 11 heteroatoms. The fraction of sp³-hybridized carbons (Fsp3) is 0.310. The maximum atomic E-state index is 11.5. The van der Waals surface area contributed by atoms with Gasteiger partial charge in [-0.25, -0.2) is 9.78 Å². The van der Waals surface area contributed by atoms with Crippen LogP contribution in [0.3, 0.4) is 0 Å². The Bertz CT molecular complexity index is 1630. The Labute approximate surface area is 244 Å². The Morgan fingerprint density at radius 1 is 1.15 bits per heavy atom. The first-order valence-electron chi connectivity index (χ1n) is 13.0. The summed E-state index contributed by atoms with van der Waals surface area (Å²) in [6.07, 6.45) is 11.6. The summed E-state index contributed by atoms with van der Waals surface area (Å²) in [5.74, 6) is 2.41. The van der Waals surface area contributed by atoms with Gasteiger partial charge in [-0.15, -0.1) is 0 Å². The Balaban J connectivity index is 1.07. The van der Waals surface area contributed by atoms with Crippen molar-refractivity contribution in [1.29, 1.82) is 0 Å². The molecule has 2 aliphatic carbocycles. The fourth-order valence-electron chi connectivity index (χ4n) is 5.68. The highest BCUT2D eigenvalue weighted by Gasteiger charge is 2.54. The summed E-state index contributed by atoms with van der Waals surface area (Å²) in [4.78, 5) is 23.5. The van der Waals surface area contributed by atoms with E-state index in [0.717, 1.165) is 52.8 Å². The van der Waals surface area contributed by atoms with Gasteiger partial charge in [0.25, 0.3) is 0 Å². The molecule has 2 atom stereocenters. The molecule has 2 unspecified atom stereocenters. The van der Waals surface area contributed by atoms with Gasteiger partial charge in [-0.05, 0) is 54.4 Å². The summed E-state index contributed by atoms with van der Waals surface area (Å²) >= 11 is 14.5. The molecule has 1 aromatic carbocycles. The second-order valence-electron chi connectivity index (χ2n) is 10.5. The van der Waals surface area contributed by atoms with Gasteiger partial charge in [0.15, 0.2) is 5.13 Å². The predicted molar refractivity (Wildman–Crippen MR) is 155 cm³/mol. The summed E-state index contributed by atoms with van der Waals surface area (Å²) in [6.45, 7) is 1.86. The highest BCUT2D eigenvalue weighted by Crippen LogP contribution is 2.55. The van der Waals surface area contributed by atoms with Crippen molar-refractivity contribution < 1.29 is 19.2 Å². The van der Waals surface area contributed by atoms with Crippen LogP contribution < -0.4 is 9.64 Å². The van der Waals surface area contributed by atoms with Crippen molar-refractivity contribution in [2.75, 3.05) is 25.1 Å². The zero-order valence-corrected chi connectivity index (χ0v) is 23.7. The van der Waals surface area contributed by atoms with Crippen LogP contribution in [-0.4, -0.2) is 46.4 Å². The first kappa shape index (κ1) is 25.6. The molecule has 0 amide bonds. The lowest BCUT2D eigenvalue weighted by molar-refractivity contribution is 0.0696. The molecule has 0 spiro atoms. The lowest BCUT2D eigenvalue weighted by Gasteiger charge is -2.17. The van der Waals surface area contributed by atoms with Gasteiger partial charge in [-0.2, -0.15) is 0 Å². The zero-order valence-electron chi connectivity index (χ0n) is 21.4. The van der Waals surface area contributed by atoms with E-state index in [4.69, 9.17) is 32.5 Å². The number of thiazole rings is 1. The first-order chi connectivity index (χ1) is 19.4. The molecule has 0 radical (unpaired) electrons. The Kier molecular flexibility index (Phi) is 6.33. The first-order valence-corrected chi connectivity index (χ1v) is 14.6. The molecule has 3 aliphatic rings. The minimum atomic E-state index is -0.988. The molecule has 8 nitrogen and oxygen atoms in total. The number of carboxylic acids is 1. The summed E-state index contributed by atoms with van der Waals surface area (Å²) < 4.78 is 11.1. The molecular weight excluding hydrogens is 571 g/mol. The number of carboxylic acid groups (broad SMARTS) is 1. The van der Waals surface area contributed by atoms with Crippen molar-refractivity contribution in [2.24, 2.45) is 17.8 Å². The number of benzene rings is 1. The monoisotopic (exact) mass is 594 g/mol. The van der Waals surface area contributed by atoms with Crippen molar-refractivity contribution >= 4 is 51.7 Å². The van der Waals surface area contributed by atoms with Crippen LogP contribution in [0.1, 0.15) is 40.4 Å². The largest absolute Gasteiger partial charge is 0.497 e. The number of aromatic nitrogens is 3. The molecule has 1 aliphatic heterocycles. The molecule has 3 aromatic heterocycles. The minimum absolute atomic E-state index is 0.190. The summed E-state index contributed by atoms with van der Waals surface area (Å²) in [5.41, 5.74) is 3.26. The van der Waals surface area contributed by atoms with Crippen LogP contribution >= 0.6 is 34.5 Å². The lowest BCUT2D eigenvalue weighted by Crippen LogP contribution is -2.23. The number of fused-ring (bicyclic) bond motifs is 1. The van der Waals surface area contributed by atoms with Crippen molar-refractivity contribution in [1.82, 2.24) is 15.1 Å². The number of hydrogen-bond acceptors (Lipinski definition) is 8. The summed E-state index contributed by atoms with van der Waals surface area (Å²) in [5, 5.41) is 15.7. The topological polar surface area (TPSA) is 102 Å². The van der Waals surface area contributed by atoms with E-state index in [1.54, 1.807) is 29.8 Å². The van der Waals surface area contributed by atoms with Gasteiger partial charge in [0.05, 0.1) is 27.6 Å². The number of hydrogen-bond donors (Lipinski definition) is 1. The highest BCUT2D eigenvalue weighted by atomic mass is 35.5. The Morgan fingerprint density at radius 3 is 2.58 bits per heavy atom. The van der Waals surface area contributed by atoms with Crippen molar-refractivity contribution in [3.8, 4) is 27.4 Å². The van der Waals surface area contributed by atoms with Gasteiger partial charge in [0.2, 0.25) is 0 Å². The minimum Gasteiger partial charge on any atom is -0.497 e. The van der Waals surface area contributed by atoms with E-state index in [9.17, 15) is 9.90 Å². The number of anilines is 1. The molecule has 40 heavy (non-hydrogen) atoms. The van der Waals surface area contributed by atoms with Gasteiger partial charge in [0, 0.05) is 48.7 Å². The van der Waals surface area contributed by atoms with Crippen LogP contribution in [0, 0.1) is 17.8 Å². The number of pyridine rings is 1. The summed E-state index contributed by atoms with van der Waals surface area (Å²) in [6, 6.07) is 5.02. The number of methoxy groups -OCH3 is 1. The second-order valence-corrected chi connectivity index (χ2v) is 12.3. The van der Waals surface area contributed by atoms with Gasteiger partial charge in [-0.3, -0.25) is 4.98 Å². The lowest BCUT2D eigenvalue weighted by atomic mass is 10.0. The number of carbonyl (C=O) groups is 1. The van der Waals surface area contributed by atoms with Gasteiger partial charge in [0.1, 0.15) is 17.2 Å². The Hall–Kier alpha value is -3.40. The average molecular weight is 596 g/mol. The summed E-state index contributed by atoms with van der Waals surface area (Å²) in [7, 11) is 1.53. The number of rotatable bonds is 8. The number of allylic oxidation sites excluding steroid dienone is 1. The van der Waals surface area contributed by atoms with E-state index in [2.05, 4.69) is 32.2 Å². The van der Waals surface area contributed by atoms with E-state index in [-0.39, 0.29) is 5.56 Å². The Morgan fingerprint density at radius 2 is 1.90 bits per heavy atom. The van der Waals surface area contributed by atoms with E-state index in [1.807, 2.05) is 12.3 Å². The van der Waals surface area contributed by atoms with Crippen LogP contribution in [0.15, 0.2) is 47.4 Å². The van der Waals surface area contributed by atoms with E-state index in [0.29, 0.717) is 50.7 Å². The van der Waals surface area contributed by atoms with E-state index >= 15 is 0 Å². The molecule has 4 aromatic rings. The van der Waals surface area contributed by atoms with Crippen LogP contribution in [0.5, 0.6) is 5.75 Å². The third kappa shape index (κ3) is 4.56. The third-order valence-electron chi connectivity index (χ3n) is 7.98. The second kappa shape index (κ2) is 9.90. The van der Waals surface area contributed by atoms with Crippen LogP contribution in [-0.2, 0) is 0 Å². The molecule has 1 saturated heterocycles. The average Bonchev–Trinajstić information content (AvgIpc) is 3.68. The van der Waals surface area contributed by atoms with Crippen molar-refractivity contribution in [3.05, 3.63) is 69.8 Å². The van der Waals surface area contributed by atoms with Gasteiger partial charge < -0.3 is 19.3 Å².